The minimum absolute atomic E-state index is 0.0781. The van der Waals surface area contributed by atoms with Gasteiger partial charge in [0.2, 0.25) is 5.16 Å². The van der Waals surface area contributed by atoms with Crippen molar-refractivity contribution in [3.63, 3.8) is 0 Å². The van der Waals surface area contributed by atoms with E-state index in [-0.39, 0.29) is 11.9 Å². The monoisotopic (exact) mass is 445 g/mol. The van der Waals surface area contributed by atoms with Gasteiger partial charge in [0, 0.05) is 22.7 Å². The van der Waals surface area contributed by atoms with Crippen molar-refractivity contribution in [1.82, 2.24) is 24.9 Å². The van der Waals surface area contributed by atoms with Crippen molar-refractivity contribution in [2.45, 2.75) is 51.6 Å². The van der Waals surface area contributed by atoms with Crippen molar-refractivity contribution >= 4 is 23.4 Å². The average molecular weight is 446 g/mol. The van der Waals surface area contributed by atoms with E-state index in [0.717, 1.165) is 22.5 Å². The molecule has 0 saturated carbocycles. The molecular formula is C25H27N5OS. The minimum Gasteiger partial charge on any atom is -0.345 e. The van der Waals surface area contributed by atoms with E-state index in [0.29, 0.717) is 22.3 Å². The summed E-state index contributed by atoms with van der Waals surface area (Å²) in [5.74, 6) is 1.11. The summed E-state index contributed by atoms with van der Waals surface area (Å²) in [5, 5.41) is 8.36. The third-order valence-electron chi connectivity index (χ3n) is 5.47. The van der Waals surface area contributed by atoms with E-state index in [1.165, 1.54) is 22.9 Å². The quantitative estimate of drug-likeness (QED) is 0.416. The molecule has 1 amide bonds. The van der Waals surface area contributed by atoms with Crippen LogP contribution in [0.2, 0.25) is 0 Å². The first-order valence-electron chi connectivity index (χ1n) is 10.6. The Morgan fingerprint density at radius 3 is 2.66 bits per heavy atom. The number of thioether (sulfide) groups is 1. The van der Waals surface area contributed by atoms with Crippen LogP contribution in [0.15, 0.2) is 53.7 Å². The first kappa shape index (κ1) is 22.0. The second-order valence-electron chi connectivity index (χ2n) is 8.15. The van der Waals surface area contributed by atoms with E-state index in [4.69, 9.17) is 0 Å². The van der Waals surface area contributed by atoms with Gasteiger partial charge in [0.25, 0.3) is 11.7 Å². The van der Waals surface area contributed by atoms with Crippen molar-refractivity contribution in [2.24, 2.45) is 0 Å². The van der Waals surface area contributed by atoms with Gasteiger partial charge in [-0.15, -0.1) is 5.10 Å². The predicted molar refractivity (Wildman–Crippen MR) is 128 cm³/mol. The van der Waals surface area contributed by atoms with Crippen LogP contribution < -0.4 is 5.32 Å². The maximum atomic E-state index is 13.1. The van der Waals surface area contributed by atoms with Gasteiger partial charge in [-0.25, -0.2) is 9.50 Å². The number of fused-ring (bicyclic) bond motifs is 1. The molecule has 4 aromatic rings. The van der Waals surface area contributed by atoms with Gasteiger partial charge < -0.3 is 5.32 Å². The molecule has 0 aliphatic carbocycles. The van der Waals surface area contributed by atoms with Gasteiger partial charge in [0.05, 0.1) is 6.04 Å². The molecule has 32 heavy (non-hydrogen) atoms. The molecule has 7 heteroatoms. The maximum Gasteiger partial charge on any atom is 0.253 e. The SMILES string of the molecule is Cc1ccc(C)c(C(C)NC(=O)c2ccccc2CSc2nc3nc(C)cc(C)n3n2)c1. The number of aromatic nitrogens is 4. The molecule has 0 aliphatic rings. The van der Waals surface area contributed by atoms with Crippen LogP contribution in [0, 0.1) is 27.7 Å². The molecule has 1 unspecified atom stereocenters. The molecule has 0 fully saturated rings. The van der Waals surface area contributed by atoms with Gasteiger partial charge in [0.15, 0.2) is 0 Å². The van der Waals surface area contributed by atoms with Crippen LogP contribution in [0.25, 0.3) is 5.78 Å². The van der Waals surface area contributed by atoms with Crippen molar-refractivity contribution in [2.75, 3.05) is 0 Å². The Labute approximate surface area is 192 Å². The number of amides is 1. The highest BCUT2D eigenvalue weighted by molar-refractivity contribution is 7.98. The molecule has 6 nitrogen and oxygen atoms in total. The molecule has 164 valence electrons. The van der Waals surface area contributed by atoms with Gasteiger partial charge in [-0.2, -0.15) is 4.98 Å². The number of hydrogen-bond donors (Lipinski definition) is 1. The topological polar surface area (TPSA) is 72.2 Å². The Balaban J connectivity index is 1.51. The molecule has 0 saturated heterocycles. The summed E-state index contributed by atoms with van der Waals surface area (Å²) in [7, 11) is 0. The Kier molecular flexibility index (Phi) is 6.28. The molecule has 0 aliphatic heterocycles. The third-order valence-corrected chi connectivity index (χ3v) is 6.35. The van der Waals surface area contributed by atoms with Crippen LogP contribution in [-0.4, -0.2) is 25.5 Å². The van der Waals surface area contributed by atoms with Gasteiger partial charge in [-0.1, -0.05) is 53.7 Å². The van der Waals surface area contributed by atoms with E-state index in [2.05, 4.69) is 52.4 Å². The Morgan fingerprint density at radius 1 is 1.06 bits per heavy atom. The number of rotatable bonds is 6. The number of carbonyl (C=O) groups excluding carboxylic acids is 1. The lowest BCUT2D eigenvalue weighted by atomic mass is 9.99. The minimum atomic E-state index is -0.0829. The van der Waals surface area contributed by atoms with Gasteiger partial charge in [-0.3, -0.25) is 4.79 Å². The number of nitrogens with one attached hydrogen (secondary N) is 1. The number of benzene rings is 2. The fourth-order valence-electron chi connectivity index (χ4n) is 3.80. The Hall–Kier alpha value is -3.19. The molecule has 1 atom stereocenters. The largest absolute Gasteiger partial charge is 0.345 e. The predicted octanol–water partition coefficient (Wildman–Crippen LogP) is 5.14. The molecule has 0 spiro atoms. The summed E-state index contributed by atoms with van der Waals surface area (Å²) in [6, 6.07) is 15.9. The van der Waals surface area contributed by atoms with Crippen molar-refractivity contribution in [1.29, 1.82) is 0 Å². The summed E-state index contributed by atoms with van der Waals surface area (Å²) in [5.41, 5.74) is 7.02. The smallest absolute Gasteiger partial charge is 0.253 e. The van der Waals surface area contributed by atoms with Gasteiger partial charge >= 0.3 is 0 Å². The first-order chi connectivity index (χ1) is 15.3. The normalized spacial score (nSPS) is 12.2. The zero-order valence-corrected chi connectivity index (χ0v) is 19.8. The van der Waals surface area contributed by atoms with Crippen LogP contribution in [0.1, 0.15) is 57.0 Å². The molecule has 2 aromatic heterocycles. The lowest BCUT2D eigenvalue weighted by Gasteiger charge is -2.18. The molecule has 2 heterocycles. The third kappa shape index (κ3) is 4.67. The Bertz CT molecular complexity index is 1300. The summed E-state index contributed by atoms with van der Waals surface area (Å²) in [6.07, 6.45) is 0. The number of carbonyl (C=O) groups is 1. The van der Waals surface area contributed by atoms with Crippen molar-refractivity contribution in [3.8, 4) is 0 Å². The summed E-state index contributed by atoms with van der Waals surface area (Å²) in [6.45, 7) is 10.1. The summed E-state index contributed by atoms with van der Waals surface area (Å²) in [4.78, 5) is 22.1. The standard InChI is InChI=1S/C25H27N5OS/c1-15-10-11-16(2)22(12-15)19(5)27-23(31)21-9-7-6-8-20(21)14-32-25-28-24-26-17(3)13-18(4)30(24)29-25/h6-13,19H,14H2,1-5H3,(H,27,31). The molecule has 4 rings (SSSR count). The first-order valence-corrected chi connectivity index (χ1v) is 11.6. The van der Waals surface area contributed by atoms with Crippen LogP contribution in [0.4, 0.5) is 0 Å². The van der Waals surface area contributed by atoms with E-state index in [1.807, 2.05) is 51.1 Å². The fraction of sp³-hybridized carbons (Fsp3) is 0.280. The number of nitrogens with zero attached hydrogens (tertiary/aromatic N) is 4. The van der Waals surface area contributed by atoms with Crippen LogP contribution in [0.5, 0.6) is 0 Å². The lowest BCUT2D eigenvalue weighted by Crippen LogP contribution is -2.28. The molecule has 2 aromatic carbocycles. The molecule has 0 radical (unpaired) electrons. The van der Waals surface area contributed by atoms with Gasteiger partial charge in [-0.05, 0) is 63.4 Å². The zero-order valence-electron chi connectivity index (χ0n) is 19.0. The van der Waals surface area contributed by atoms with E-state index in [9.17, 15) is 4.79 Å². The number of aryl methyl sites for hydroxylation is 4. The van der Waals surface area contributed by atoms with Gasteiger partial charge in [0.1, 0.15) is 0 Å². The fourth-order valence-corrected chi connectivity index (χ4v) is 4.62. The molecule has 1 N–H and O–H groups in total. The second-order valence-corrected chi connectivity index (χ2v) is 9.09. The van der Waals surface area contributed by atoms with Crippen molar-refractivity contribution < 1.29 is 4.79 Å². The lowest BCUT2D eigenvalue weighted by molar-refractivity contribution is 0.0939. The highest BCUT2D eigenvalue weighted by Crippen LogP contribution is 2.24. The number of hydrogen-bond acceptors (Lipinski definition) is 5. The second kappa shape index (κ2) is 9.12. The van der Waals surface area contributed by atoms with Crippen LogP contribution in [0.3, 0.4) is 0 Å². The summed E-state index contributed by atoms with van der Waals surface area (Å²) < 4.78 is 1.75. The zero-order chi connectivity index (χ0) is 22.8. The van der Waals surface area contributed by atoms with E-state index < -0.39 is 0 Å². The van der Waals surface area contributed by atoms with Crippen LogP contribution in [-0.2, 0) is 5.75 Å². The van der Waals surface area contributed by atoms with Crippen LogP contribution >= 0.6 is 11.8 Å². The molecular weight excluding hydrogens is 418 g/mol. The van der Waals surface area contributed by atoms with E-state index in [1.54, 1.807) is 4.52 Å². The highest BCUT2D eigenvalue weighted by Gasteiger charge is 2.17. The summed E-state index contributed by atoms with van der Waals surface area (Å²) >= 11 is 1.50. The molecule has 0 bridgehead atoms. The Morgan fingerprint density at radius 2 is 1.84 bits per heavy atom. The maximum absolute atomic E-state index is 13.1. The van der Waals surface area contributed by atoms with Crippen molar-refractivity contribution in [3.05, 3.63) is 87.7 Å². The average Bonchev–Trinajstić information content (AvgIpc) is 3.17. The van der Waals surface area contributed by atoms with E-state index >= 15 is 0 Å². The highest BCUT2D eigenvalue weighted by atomic mass is 32.2.